The smallest absolute Gasteiger partial charge is 0.481 e. The Morgan fingerprint density at radius 2 is 1.64 bits per heavy atom. The molecule has 0 aliphatic heterocycles. The summed E-state index contributed by atoms with van der Waals surface area (Å²) in [5.74, 6) is 1.12. The lowest BCUT2D eigenvalue weighted by atomic mass is 9.40. The number of esters is 1. The molecule has 3 saturated carbocycles. The minimum Gasteiger partial charge on any atom is -0.481 e. The van der Waals surface area contributed by atoms with Crippen molar-refractivity contribution in [2.75, 3.05) is 7.11 Å². The number of aliphatic carboxylic acids is 1. The number of hydrogen-bond acceptors (Lipinski definition) is 10. The molecule has 64 heavy (non-hydrogen) atoms. The number of ketones is 1. The van der Waals surface area contributed by atoms with Crippen LogP contribution in [0.3, 0.4) is 0 Å². The van der Waals surface area contributed by atoms with Crippen molar-refractivity contribution in [2.24, 2.45) is 63.7 Å². The van der Waals surface area contributed by atoms with Gasteiger partial charge in [-0.05, 0) is 124 Å². The molecule has 0 saturated heterocycles. The summed E-state index contributed by atoms with van der Waals surface area (Å²) >= 11 is 0. The van der Waals surface area contributed by atoms with Gasteiger partial charge in [0.25, 0.3) is 0 Å². The number of fused-ring (bicyclic) bond motifs is 5. The van der Waals surface area contributed by atoms with Crippen molar-refractivity contribution in [3.63, 3.8) is 0 Å². The minimum absolute atomic E-state index is 0.0230. The number of carboxylic acids is 1. The van der Waals surface area contributed by atoms with Crippen molar-refractivity contribution in [1.29, 1.82) is 0 Å². The molecule has 3 fully saturated rings. The number of carboxylic acid groups (broad SMARTS) is 1. The number of carbonyl (C=O) groups is 4. The maximum Gasteiger partial charge on any atom is 0.574 e. The Bertz CT molecular complexity index is 2020. The Hall–Kier alpha value is -4.14. The number of aldehydes is 1. The van der Waals surface area contributed by atoms with Gasteiger partial charge in [-0.25, -0.2) is 4.98 Å². The first-order valence-corrected chi connectivity index (χ1v) is 22.8. The predicted octanol–water partition coefficient (Wildman–Crippen LogP) is 10.2. The van der Waals surface area contributed by atoms with E-state index in [-0.39, 0.29) is 51.8 Å². The van der Waals surface area contributed by atoms with Gasteiger partial charge in [0.05, 0.1) is 17.9 Å². The summed E-state index contributed by atoms with van der Waals surface area (Å²) in [4.78, 5) is 52.0. The Labute approximate surface area is 377 Å². The zero-order valence-corrected chi connectivity index (χ0v) is 40.3. The molecule has 0 amide bonds. The normalized spacial score (nSPS) is 28.4. The molecule has 0 radical (unpaired) electrons. The van der Waals surface area contributed by atoms with Gasteiger partial charge in [0.2, 0.25) is 5.88 Å². The third-order valence-electron chi connectivity index (χ3n) is 15.1. The molecule has 2 heterocycles. The number of aliphatic hydroxyl groups is 1. The summed E-state index contributed by atoms with van der Waals surface area (Å²) in [6.07, 6.45) is 5.69. The average molecular weight is 903 g/mol. The first kappa shape index (κ1) is 52.5. The zero-order valence-electron chi connectivity index (χ0n) is 40.3. The number of allylic oxidation sites excluding steroid dienone is 2. The summed E-state index contributed by atoms with van der Waals surface area (Å²) < 4.78 is 49.8. The van der Waals surface area contributed by atoms with Gasteiger partial charge in [-0.1, -0.05) is 61.0 Å². The van der Waals surface area contributed by atoms with E-state index >= 15 is 0 Å². The van der Waals surface area contributed by atoms with Crippen molar-refractivity contribution in [2.45, 2.75) is 159 Å². The zero-order chi connectivity index (χ0) is 48.4. The minimum atomic E-state index is -4.84. The highest BCUT2D eigenvalue weighted by Gasteiger charge is 2.63. The van der Waals surface area contributed by atoms with Gasteiger partial charge < -0.3 is 29.0 Å². The van der Waals surface area contributed by atoms with Gasteiger partial charge in [-0.15, -0.1) is 23.4 Å². The fraction of sp³-hybridized carbons (Fsp3) is 0.735. The number of aliphatic hydroxyl groups excluding tert-OH is 1. The number of halogens is 3. The Morgan fingerprint density at radius 3 is 2.19 bits per heavy atom. The number of rotatable bonds is 12. The second-order valence-corrected chi connectivity index (χ2v) is 21.5. The molecule has 8 atom stereocenters. The van der Waals surface area contributed by atoms with E-state index in [9.17, 15) is 37.5 Å². The first-order valence-electron chi connectivity index (χ1n) is 22.8. The number of alkyl halides is 3. The number of ether oxygens (including phenoxy) is 2. The summed E-state index contributed by atoms with van der Waals surface area (Å²) in [6.45, 7) is 22.2. The fourth-order valence-corrected chi connectivity index (χ4v) is 11.6. The van der Waals surface area contributed by atoms with E-state index in [0.29, 0.717) is 48.4 Å². The van der Waals surface area contributed by atoms with Crippen LogP contribution in [0.15, 0.2) is 29.5 Å². The lowest BCUT2D eigenvalue weighted by Crippen LogP contribution is -2.57. The van der Waals surface area contributed by atoms with Crippen LogP contribution >= 0.6 is 0 Å². The van der Waals surface area contributed by atoms with Crippen LogP contribution in [0, 0.1) is 56.7 Å². The van der Waals surface area contributed by atoms with Gasteiger partial charge in [0.15, 0.2) is 11.6 Å². The highest BCUT2D eigenvalue weighted by atomic mass is 19.4. The second-order valence-electron chi connectivity index (χ2n) is 21.5. The maximum atomic E-state index is 14.1. The molecule has 358 valence electrons. The number of pyridine rings is 1. The highest BCUT2D eigenvalue weighted by molar-refractivity contribution is 6.00. The van der Waals surface area contributed by atoms with E-state index in [1.807, 2.05) is 39.3 Å². The monoisotopic (exact) mass is 903 g/mol. The molecular formula is C49H73F3N4O8. The van der Waals surface area contributed by atoms with Crippen molar-refractivity contribution in [3.05, 3.63) is 35.3 Å². The molecule has 2 aromatic heterocycles. The van der Waals surface area contributed by atoms with Crippen LogP contribution in [0.1, 0.15) is 146 Å². The lowest BCUT2D eigenvalue weighted by molar-refractivity contribution is -0.276. The summed E-state index contributed by atoms with van der Waals surface area (Å²) in [6, 6.07) is 2.65. The van der Waals surface area contributed by atoms with E-state index in [1.54, 1.807) is 0 Å². The number of hydrogen-bond donors (Lipinski definition) is 2. The first-order chi connectivity index (χ1) is 29.6. The quantitative estimate of drug-likeness (QED) is 0.153. The van der Waals surface area contributed by atoms with Crippen molar-refractivity contribution in [1.82, 2.24) is 19.7 Å². The van der Waals surface area contributed by atoms with Crippen LogP contribution in [0.25, 0.3) is 11.4 Å². The van der Waals surface area contributed by atoms with Crippen LogP contribution in [0.2, 0.25) is 0 Å². The van der Waals surface area contributed by atoms with Crippen LogP contribution in [-0.2, 0) is 37.4 Å². The van der Waals surface area contributed by atoms with Crippen LogP contribution in [0.4, 0.5) is 13.2 Å². The summed E-state index contributed by atoms with van der Waals surface area (Å²) in [5.41, 5.74) is 1.22. The van der Waals surface area contributed by atoms with E-state index in [1.165, 1.54) is 31.7 Å². The standard InChI is InChI=1S/C43H59F3N4O6.C5H10O.CH4O/c1-24(2)35-30(51)20-42(21-32-48-49-37(50(32)9)27-10-13-33(47-23-27)56-43(44,45)46)19-16-29-28(36(35)42)11-12-31-40(7,25(3)14-17-41(29,31)8)18-15-26(4)55-34(52)22-39(5,6)38(53)54;1-5(2,3)4-6;1-2/h10,13,23-26,28-29,31H,11-12,14-22H2,1-9H3,(H,53,54);4H,1-3H3;2H,1H3. The maximum absolute atomic E-state index is 14.1. The molecule has 8 unspecified atom stereocenters. The largest absolute Gasteiger partial charge is 0.574 e. The van der Waals surface area contributed by atoms with Crippen molar-refractivity contribution >= 4 is 24.0 Å². The number of carbonyl (C=O) groups excluding carboxylic acids is 3. The molecular weight excluding hydrogens is 830 g/mol. The van der Waals surface area contributed by atoms with Gasteiger partial charge >= 0.3 is 18.3 Å². The molecule has 0 aromatic carbocycles. The predicted molar refractivity (Wildman–Crippen MR) is 237 cm³/mol. The SMILES string of the molecule is CC(C)(C)C=O.CC(CCC1(C)C(C)CCC2(C)C3CCC4(Cc5nnc(-c6ccc(OC(F)(F)F)nc6)n5C)CC(=O)C(C(C)C)=C4C3CCC12)OC(=O)CC(C)(C)C(=O)O.CO. The molecule has 6 rings (SSSR count). The van der Waals surface area contributed by atoms with Gasteiger partial charge in [-0.3, -0.25) is 14.4 Å². The molecule has 0 spiro atoms. The van der Waals surface area contributed by atoms with Crippen LogP contribution in [-0.4, -0.2) is 73.5 Å². The van der Waals surface area contributed by atoms with Gasteiger partial charge in [0.1, 0.15) is 12.1 Å². The second kappa shape index (κ2) is 19.8. The topological polar surface area (TPSA) is 171 Å². The van der Waals surface area contributed by atoms with Crippen LogP contribution < -0.4 is 4.74 Å². The Kier molecular flexibility index (Phi) is 16.2. The number of Topliss-reactive ketones (excluding diaryl/α,β-unsaturated/α-hetero) is 1. The number of nitrogens with zero attached hydrogens (tertiary/aromatic N) is 4. The number of aromatic nitrogens is 4. The molecule has 15 heteroatoms. The third kappa shape index (κ3) is 11.3. The van der Waals surface area contributed by atoms with E-state index < -0.39 is 29.6 Å². The molecule has 2 aromatic rings. The molecule has 12 nitrogen and oxygen atoms in total. The van der Waals surface area contributed by atoms with Gasteiger partial charge in [0, 0.05) is 55.7 Å². The third-order valence-corrected chi connectivity index (χ3v) is 15.1. The summed E-state index contributed by atoms with van der Waals surface area (Å²) in [5, 5.41) is 25.5. The van der Waals surface area contributed by atoms with Crippen molar-refractivity contribution in [3.8, 4) is 17.3 Å². The van der Waals surface area contributed by atoms with E-state index in [2.05, 4.69) is 54.5 Å². The van der Waals surface area contributed by atoms with Crippen molar-refractivity contribution < 1.29 is 52.0 Å². The molecule has 4 aliphatic rings. The van der Waals surface area contributed by atoms with E-state index in [4.69, 9.17) is 9.84 Å². The fourth-order valence-electron chi connectivity index (χ4n) is 11.6. The summed E-state index contributed by atoms with van der Waals surface area (Å²) in [7, 11) is 2.85. The van der Waals surface area contributed by atoms with Gasteiger partial charge in [-0.2, -0.15) is 0 Å². The molecule has 4 aliphatic carbocycles. The Balaban J connectivity index is 0.00000104. The highest BCUT2D eigenvalue weighted by Crippen LogP contribution is 2.70. The molecule has 2 N–H and O–H groups in total. The lowest BCUT2D eigenvalue weighted by Gasteiger charge is -2.65. The van der Waals surface area contributed by atoms with Crippen LogP contribution in [0.5, 0.6) is 5.88 Å². The Morgan fingerprint density at radius 1 is 1.00 bits per heavy atom. The van der Waals surface area contributed by atoms with E-state index in [0.717, 1.165) is 75.8 Å². The average Bonchev–Trinajstić information content (AvgIpc) is 3.71. The molecule has 0 bridgehead atoms.